The summed E-state index contributed by atoms with van der Waals surface area (Å²) in [5.74, 6) is -1.45. The molecule has 0 aliphatic heterocycles. The minimum absolute atomic E-state index is 0.110. The van der Waals surface area contributed by atoms with Crippen molar-refractivity contribution in [3.8, 4) is 6.07 Å². The number of aryl methyl sites for hydroxylation is 1. The predicted molar refractivity (Wildman–Crippen MR) is 64.3 cm³/mol. The van der Waals surface area contributed by atoms with Gasteiger partial charge < -0.3 is 10.6 Å². The van der Waals surface area contributed by atoms with E-state index >= 15 is 0 Å². The normalized spacial score (nSPS) is 16.5. The Morgan fingerprint density at radius 2 is 2.11 bits per heavy atom. The fraction of sp³-hybridized carbons (Fsp3) is 0.308. The third kappa shape index (κ3) is 2.48. The quantitative estimate of drug-likeness (QED) is 0.583. The van der Waals surface area contributed by atoms with Gasteiger partial charge in [-0.1, -0.05) is 24.3 Å². The van der Waals surface area contributed by atoms with Crippen molar-refractivity contribution >= 4 is 11.8 Å². The van der Waals surface area contributed by atoms with E-state index < -0.39 is 11.8 Å². The number of nitrogens with one attached hydrogen (secondary N) is 2. The van der Waals surface area contributed by atoms with E-state index in [4.69, 9.17) is 5.26 Å². The second-order valence-corrected chi connectivity index (χ2v) is 4.10. The lowest BCUT2D eigenvalue weighted by Crippen LogP contribution is -2.41. The Morgan fingerprint density at radius 3 is 2.89 bits per heavy atom. The van der Waals surface area contributed by atoms with Crippen molar-refractivity contribution in [3.63, 3.8) is 0 Å². The van der Waals surface area contributed by atoms with E-state index in [0.717, 1.165) is 18.4 Å². The first-order valence-electron chi connectivity index (χ1n) is 5.76. The number of nitriles is 1. The topological polar surface area (TPSA) is 82.0 Å². The summed E-state index contributed by atoms with van der Waals surface area (Å²) < 4.78 is 0. The van der Waals surface area contributed by atoms with Gasteiger partial charge in [-0.3, -0.25) is 9.59 Å². The van der Waals surface area contributed by atoms with Crippen molar-refractivity contribution in [2.24, 2.45) is 0 Å². The maximum Gasteiger partial charge on any atom is 0.310 e. The number of hydrogen-bond acceptors (Lipinski definition) is 3. The largest absolute Gasteiger partial charge is 0.341 e. The van der Waals surface area contributed by atoms with Crippen molar-refractivity contribution in [2.45, 2.75) is 18.9 Å². The van der Waals surface area contributed by atoms with Gasteiger partial charge in [0.15, 0.2) is 0 Å². The van der Waals surface area contributed by atoms with E-state index in [0.29, 0.717) is 0 Å². The SMILES string of the molecule is N#CCNC(=O)C(=O)NC1CCc2ccccc21. The Labute approximate surface area is 105 Å². The molecule has 0 aromatic heterocycles. The van der Waals surface area contributed by atoms with Crippen molar-refractivity contribution in [1.29, 1.82) is 5.26 Å². The van der Waals surface area contributed by atoms with Gasteiger partial charge in [0.2, 0.25) is 0 Å². The third-order valence-corrected chi connectivity index (χ3v) is 2.97. The van der Waals surface area contributed by atoms with E-state index in [9.17, 15) is 9.59 Å². The number of amides is 2. The molecule has 2 rings (SSSR count). The van der Waals surface area contributed by atoms with E-state index in [1.807, 2.05) is 24.3 Å². The van der Waals surface area contributed by atoms with E-state index in [1.54, 1.807) is 6.07 Å². The average molecular weight is 243 g/mol. The zero-order chi connectivity index (χ0) is 13.0. The van der Waals surface area contributed by atoms with Crippen molar-refractivity contribution in [3.05, 3.63) is 35.4 Å². The smallest absolute Gasteiger partial charge is 0.310 e. The van der Waals surface area contributed by atoms with Crippen molar-refractivity contribution in [1.82, 2.24) is 10.6 Å². The second kappa shape index (κ2) is 5.32. The number of carbonyl (C=O) groups excluding carboxylic acids is 2. The summed E-state index contributed by atoms with van der Waals surface area (Å²) in [6.45, 7) is -0.159. The van der Waals surface area contributed by atoms with Crippen LogP contribution in [0, 0.1) is 11.3 Å². The van der Waals surface area contributed by atoms with Gasteiger partial charge in [0, 0.05) is 0 Å². The summed E-state index contributed by atoms with van der Waals surface area (Å²) in [7, 11) is 0. The Balaban J connectivity index is 1.98. The van der Waals surface area contributed by atoms with Gasteiger partial charge in [-0.25, -0.2) is 0 Å². The fourth-order valence-electron chi connectivity index (χ4n) is 2.13. The Kier molecular flexibility index (Phi) is 3.58. The lowest BCUT2D eigenvalue weighted by atomic mass is 10.1. The number of fused-ring (bicyclic) bond motifs is 1. The highest BCUT2D eigenvalue weighted by Crippen LogP contribution is 2.30. The molecule has 5 nitrogen and oxygen atoms in total. The van der Waals surface area contributed by atoms with Crippen LogP contribution < -0.4 is 10.6 Å². The van der Waals surface area contributed by atoms with Crippen LogP contribution in [0.2, 0.25) is 0 Å². The summed E-state index contributed by atoms with van der Waals surface area (Å²) in [5.41, 5.74) is 2.28. The highest BCUT2D eigenvalue weighted by atomic mass is 16.2. The molecule has 1 aliphatic rings. The van der Waals surface area contributed by atoms with Gasteiger partial charge in [0.05, 0.1) is 12.1 Å². The zero-order valence-electron chi connectivity index (χ0n) is 9.77. The molecular weight excluding hydrogens is 230 g/mol. The van der Waals surface area contributed by atoms with Gasteiger partial charge in [0.1, 0.15) is 6.54 Å². The van der Waals surface area contributed by atoms with Gasteiger partial charge in [-0.2, -0.15) is 5.26 Å². The molecule has 5 heteroatoms. The van der Waals surface area contributed by atoms with E-state index in [2.05, 4.69) is 10.6 Å². The number of rotatable bonds is 2. The van der Waals surface area contributed by atoms with Crippen LogP contribution in [0.1, 0.15) is 23.6 Å². The number of benzene rings is 1. The van der Waals surface area contributed by atoms with Crippen LogP contribution in [-0.2, 0) is 16.0 Å². The van der Waals surface area contributed by atoms with Crippen LogP contribution in [0.4, 0.5) is 0 Å². The Bertz CT molecular complexity index is 519. The maximum absolute atomic E-state index is 11.6. The minimum atomic E-state index is -0.763. The lowest BCUT2D eigenvalue weighted by Gasteiger charge is -2.13. The molecule has 0 fully saturated rings. The zero-order valence-corrected chi connectivity index (χ0v) is 9.77. The molecule has 18 heavy (non-hydrogen) atoms. The van der Waals surface area contributed by atoms with Crippen LogP contribution in [0.3, 0.4) is 0 Å². The molecule has 0 bridgehead atoms. The molecule has 0 saturated heterocycles. The molecule has 0 heterocycles. The lowest BCUT2D eigenvalue weighted by molar-refractivity contribution is -0.139. The first-order chi connectivity index (χ1) is 8.72. The number of carbonyl (C=O) groups is 2. The molecule has 1 aromatic rings. The average Bonchev–Trinajstić information content (AvgIpc) is 2.79. The second-order valence-electron chi connectivity index (χ2n) is 4.10. The van der Waals surface area contributed by atoms with Crippen LogP contribution >= 0.6 is 0 Å². The van der Waals surface area contributed by atoms with Gasteiger partial charge in [0.25, 0.3) is 0 Å². The number of nitrogens with zero attached hydrogens (tertiary/aromatic N) is 1. The molecule has 92 valence electrons. The van der Waals surface area contributed by atoms with Gasteiger partial charge >= 0.3 is 11.8 Å². The molecule has 0 saturated carbocycles. The highest BCUT2D eigenvalue weighted by molar-refractivity contribution is 6.35. The monoisotopic (exact) mass is 243 g/mol. The molecule has 1 aliphatic carbocycles. The Hall–Kier alpha value is -2.35. The van der Waals surface area contributed by atoms with Crippen LogP contribution in [0.25, 0.3) is 0 Å². The first-order valence-corrected chi connectivity index (χ1v) is 5.76. The standard InChI is InChI=1S/C13H13N3O2/c14-7-8-15-12(17)13(18)16-11-6-5-9-3-1-2-4-10(9)11/h1-4,11H,5-6,8H2,(H,15,17)(H,16,18). The van der Waals surface area contributed by atoms with E-state index in [-0.39, 0.29) is 12.6 Å². The van der Waals surface area contributed by atoms with E-state index in [1.165, 1.54) is 5.56 Å². The van der Waals surface area contributed by atoms with Crippen LogP contribution in [0.5, 0.6) is 0 Å². The molecular formula is C13H13N3O2. The molecule has 1 aromatic carbocycles. The van der Waals surface area contributed by atoms with Gasteiger partial charge in [-0.05, 0) is 24.0 Å². The van der Waals surface area contributed by atoms with Gasteiger partial charge in [-0.15, -0.1) is 0 Å². The van der Waals surface area contributed by atoms with Crippen molar-refractivity contribution < 1.29 is 9.59 Å². The molecule has 2 amide bonds. The van der Waals surface area contributed by atoms with Crippen molar-refractivity contribution in [2.75, 3.05) is 6.54 Å². The summed E-state index contributed by atoms with van der Waals surface area (Å²) in [5, 5.41) is 13.2. The molecule has 2 N–H and O–H groups in total. The first kappa shape index (κ1) is 12.1. The summed E-state index contributed by atoms with van der Waals surface area (Å²) in [6, 6.07) is 9.50. The molecule has 1 atom stereocenters. The number of hydrogen-bond donors (Lipinski definition) is 2. The van der Waals surface area contributed by atoms with Crippen LogP contribution in [-0.4, -0.2) is 18.4 Å². The maximum atomic E-state index is 11.6. The predicted octanol–water partition coefficient (Wildman–Crippen LogP) is 0.430. The fourth-order valence-corrected chi connectivity index (χ4v) is 2.13. The highest BCUT2D eigenvalue weighted by Gasteiger charge is 2.25. The Morgan fingerprint density at radius 1 is 1.33 bits per heavy atom. The molecule has 1 unspecified atom stereocenters. The minimum Gasteiger partial charge on any atom is -0.341 e. The molecule has 0 radical (unpaired) electrons. The summed E-state index contributed by atoms with van der Waals surface area (Å²) in [6.07, 6.45) is 1.71. The summed E-state index contributed by atoms with van der Waals surface area (Å²) in [4.78, 5) is 22.9. The molecule has 0 spiro atoms. The third-order valence-electron chi connectivity index (χ3n) is 2.97. The van der Waals surface area contributed by atoms with Crippen LogP contribution in [0.15, 0.2) is 24.3 Å². The summed E-state index contributed by atoms with van der Waals surface area (Å²) >= 11 is 0.